The first-order chi connectivity index (χ1) is 9.40. The molecular weight excluding hydrogens is 262 g/mol. The molecule has 0 aliphatic heterocycles. The summed E-state index contributed by atoms with van der Waals surface area (Å²) in [7, 11) is 0. The zero-order valence-electron chi connectivity index (χ0n) is 11.0. The van der Waals surface area contributed by atoms with Crippen molar-refractivity contribution in [3.63, 3.8) is 0 Å². The number of carbonyl (C=O) groups is 3. The number of hydrogen-bond acceptors (Lipinski definition) is 3. The van der Waals surface area contributed by atoms with Crippen LogP contribution in [0.25, 0.3) is 0 Å². The van der Waals surface area contributed by atoms with Gasteiger partial charge in [0.25, 0.3) is 0 Å². The van der Waals surface area contributed by atoms with Crippen molar-refractivity contribution in [1.82, 2.24) is 10.6 Å². The van der Waals surface area contributed by atoms with Crippen molar-refractivity contribution in [2.24, 2.45) is 5.73 Å². The number of carbonyl (C=O) groups excluding carboxylic acids is 2. The Morgan fingerprint density at radius 1 is 1.20 bits per heavy atom. The minimum Gasteiger partial charge on any atom is -0.480 e. The van der Waals surface area contributed by atoms with Gasteiger partial charge in [0.2, 0.25) is 5.91 Å². The fraction of sp³-hybridized carbons (Fsp3) is 0.308. The highest BCUT2D eigenvalue weighted by Crippen LogP contribution is 2.03. The summed E-state index contributed by atoms with van der Waals surface area (Å²) in [4.78, 5) is 33.5. The number of amides is 3. The molecule has 0 spiro atoms. The average molecular weight is 279 g/mol. The molecule has 0 aliphatic rings. The summed E-state index contributed by atoms with van der Waals surface area (Å²) in [6, 6.07) is 6.20. The summed E-state index contributed by atoms with van der Waals surface area (Å²) in [5.74, 6) is -1.86. The van der Waals surface area contributed by atoms with Crippen LogP contribution < -0.4 is 16.4 Å². The molecule has 1 rings (SSSR count). The number of hydrogen-bond donors (Lipinski definition) is 4. The maximum Gasteiger partial charge on any atom is 0.326 e. The van der Waals surface area contributed by atoms with Gasteiger partial charge in [0.05, 0.1) is 0 Å². The van der Waals surface area contributed by atoms with Crippen LogP contribution in [0.15, 0.2) is 30.3 Å². The Hall–Kier alpha value is -2.57. The molecule has 7 nitrogen and oxygen atoms in total. The number of nitrogens with one attached hydrogen (secondary N) is 2. The van der Waals surface area contributed by atoms with Crippen LogP contribution in [-0.4, -0.2) is 35.1 Å². The number of primary amides is 1. The van der Waals surface area contributed by atoms with E-state index < -0.39 is 30.0 Å². The standard InChI is InChI=1S/C13H17N3O4/c1-8(11(14)17)15-13(20)16-10(12(18)19)7-9-5-3-2-4-6-9/h2-6,8,10H,7H2,1H3,(H2,14,17)(H,18,19)(H2,15,16,20). The fourth-order valence-electron chi connectivity index (χ4n) is 1.52. The molecule has 2 unspecified atom stereocenters. The molecule has 0 saturated carbocycles. The van der Waals surface area contributed by atoms with Gasteiger partial charge in [-0.2, -0.15) is 0 Å². The van der Waals surface area contributed by atoms with Crippen LogP contribution in [-0.2, 0) is 16.0 Å². The van der Waals surface area contributed by atoms with Crippen LogP contribution in [0.4, 0.5) is 4.79 Å². The minimum atomic E-state index is -1.16. The SMILES string of the molecule is CC(NC(=O)NC(Cc1ccccc1)C(=O)O)C(N)=O. The number of benzene rings is 1. The van der Waals surface area contributed by atoms with Crippen LogP contribution >= 0.6 is 0 Å². The molecule has 0 aliphatic carbocycles. The van der Waals surface area contributed by atoms with Crippen molar-refractivity contribution in [3.05, 3.63) is 35.9 Å². The van der Waals surface area contributed by atoms with Crippen molar-refractivity contribution < 1.29 is 19.5 Å². The molecule has 0 saturated heterocycles. The lowest BCUT2D eigenvalue weighted by Gasteiger charge is -2.17. The Balaban J connectivity index is 2.62. The smallest absolute Gasteiger partial charge is 0.326 e. The topological polar surface area (TPSA) is 122 Å². The largest absolute Gasteiger partial charge is 0.480 e. The van der Waals surface area contributed by atoms with E-state index in [-0.39, 0.29) is 6.42 Å². The molecule has 1 aromatic rings. The highest BCUT2D eigenvalue weighted by Gasteiger charge is 2.21. The number of aliphatic carboxylic acids is 1. The van der Waals surface area contributed by atoms with Gasteiger partial charge in [-0.1, -0.05) is 30.3 Å². The van der Waals surface area contributed by atoms with Crippen molar-refractivity contribution in [2.45, 2.75) is 25.4 Å². The molecule has 0 heterocycles. The van der Waals surface area contributed by atoms with E-state index in [1.54, 1.807) is 24.3 Å². The van der Waals surface area contributed by atoms with Gasteiger partial charge in [-0.15, -0.1) is 0 Å². The maximum absolute atomic E-state index is 11.6. The first-order valence-electron chi connectivity index (χ1n) is 6.03. The zero-order valence-corrected chi connectivity index (χ0v) is 11.0. The maximum atomic E-state index is 11.6. The molecule has 3 amide bonds. The number of urea groups is 1. The lowest BCUT2D eigenvalue weighted by Crippen LogP contribution is -2.52. The first kappa shape index (κ1) is 15.5. The molecule has 108 valence electrons. The van der Waals surface area contributed by atoms with E-state index in [1.807, 2.05) is 6.07 Å². The van der Waals surface area contributed by atoms with Gasteiger partial charge in [-0.05, 0) is 12.5 Å². The molecular formula is C13H17N3O4. The number of nitrogens with two attached hydrogens (primary N) is 1. The molecule has 5 N–H and O–H groups in total. The van der Waals surface area contributed by atoms with Crippen LogP contribution in [0.2, 0.25) is 0 Å². The Kier molecular flexibility index (Phi) is 5.52. The van der Waals surface area contributed by atoms with Crippen molar-refractivity contribution >= 4 is 17.9 Å². The Labute approximate surface area is 116 Å². The fourth-order valence-corrected chi connectivity index (χ4v) is 1.52. The third-order valence-corrected chi connectivity index (χ3v) is 2.66. The van der Waals surface area contributed by atoms with Crippen molar-refractivity contribution in [3.8, 4) is 0 Å². The monoisotopic (exact) mass is 279 g/mol. The van der Waals surface area contributed by atoms with Gasteiger partial charge in [0.1, 0.15) is 12.1 Å². The minimum absolute atomic E-state index is 0.147. The molecule has 2 atom stereocenters. The average Bonchev–Trinajstić information content (AvgIpc) is 2.38. The van der Waals surface area contributed by atoms with Gasteiger partial charge in [0, 0.05) is 6.42 Å². The first-order valence-corrected chi connectivity index (χ1v) is 6.03. The van der Waals surface area contributed by atoms with Gasteiger partial charge < -0.3 is 21.5 Å². The summed E-state index contributed by atoms with van der Waals surface area (Å²) in [6.45, 7) is 1.41. The Bertz CT molecular complexity index is 490. The highest BCUT2D eigenvalue weighted by molar-refractivity contribution is 5.87. The van der Waals surface area contributed by atoms with Crippen LogP contribution in [0, 0.1) is 0 Å². The summed E-state index contributed by atoms with van der Waals surface area (Å²) in [6.07, 6.45) is 0.147. The quantitative estimate of drug-likeness (QED) is 0.578. The molecule has 7 heteroatoms. The third-order valence-electron chi connectivity index (χ3n) is 2.66. The summed E-state index contributed by atoms with van der Waals surface area (Å²) >= 11 is 0. The van der Waals surface area contributed by atoms with E-state index in [9.17, 15) is 14.4 Å². The molecule has 0 radical (unpaired) electrons. The van der Waals surface area contributed by atoms with Gasteiger partial charge in [-0.3, -0.25) is 4.79 Å². The Morgan fingerprint density at radius 2 is 1.80 bits per heavy atom. The predicted octanol–water partition coefficient (Wildman–Crippen LogP) is -0.145. The van der Waals surface area contributed by atoms with E-state index in [2.05, 4.69) is 10.6 Å². The van der Waals surface area contributed by atoms with E-state index in [1.165, 1.54) is 6.92 Å². The Morgan fingerprint density at radius 3 is 2.30 bits per heavy atom. The van der Waals surface area contributed by atoms with Crippen LogP contribution in [0.3, 0.4) is 0 Å². The zero-order chi connectivity index (χ0) is 15.1. The second kappa shape index (κ2) is 7.13. The summed E-state index contributed by atoms with van der Waals surface area (Å²) < 4.78 is 0. The molecule has 1 aromatic carbocycles. The molecule has 20 heavy (non-hydrogen) atoms. The molecule has 0 aromatic heterocycles. The second-order valence-corrected chi connectivity index (χ2v) is 4.32. The second-order valence-electron chi connectivity index (χ2n) is 4.32. The summed E-state index contributed by atoms with van der Waals surface area (Å²) in [5, 5.41) is 13.6. The number of carboxylic acid groups (broad SMARTS) is 1. The molecule has 0 bridgehead atoms. The number of carboxylic acids is 1. The van der Waals surface area contributed by atoms with Crippen molar-refractivity contribution in [2.75, 3.05) is 0 Å². The van der Waals surface area contributed by atoms with E-state index in [0.717, 1.165) is 5.56 Å². The molecule has 0 fully saturated rings. The van der Waals surface area contributed by atoms with Gasteiger partial charge in [-0.25, -0.2) is 9.59 Å². The van der Waals surface area contributed by atoms with Crippen LogP contribution in [0.5, 0.6) is 0 Å². The lowest BCUT2D eigenvalue weighted by molar-refractivity contribution is -0.139. The van der Waals surface area contributed by atoms with Gasteiger partial charge in [0.15, 0.2) is 0 Å². The van der Waals surface area contributed by atoms with Crippen molar-refractivity contribution in [1.29, 1.82) is 0 Å². The number of rotatable bonds is 6. The van der Waals surface area contributed by atoms with E-state index in [4.69, 9.17) is 10.8 Å². The van der Waals surface area contributed by atoms with E-state index in [0.29, 0.717) is 0 Å². The highest BCUT2D eigenvalue weighted by atomic mass is 16.4. The van der Waals surface area contributed by atoms with Gasteiger partial charge >= 0.3 is 12.0 Å². The normalized spacial score (nSPS) is 13.1. The third kappa shape index (κ3) is 4.97. The van der Waals surface area contributed by atoms with Crippen LogP contribution in [0.1, 0.15) is 12.5 Å². The van der Waals surface area contributed by atoms with E-state index >= 15 is 0 Å². The summed E-state index contributed by atoms with van der Waals surface area (Å²) in [5.41, 5.74) is 5.78. The lowest BCUT2D eigenvalue weighted by atomic mass is 10.1. The predicted molar refractivity (Wildman–Crippen MR) is 71.9 cm³/mol.